The predicted molar refractivity (Wildman–Crippen MR) is 71.4 cm³/mol. The van der Waals surface area contributed by atoms with Gasteiger partial charge in [-0.05, 0) is 34.1 Å². The summed E-state index contributed by atoms with van der Waals surface area (Å²) in [6, 6.07) is 0. The summed E-state index contributed by atoms with van der Waals surface area (Å²) in [5.41, 5.74) is -2.52. The van der Waals surface area contributed by atoms with Gasteiger partial charge in [0.1, 0.15) is 11.0 Å². The van der Waals surface area contributed by atoms with Gasteiger partial charge in [-0.1, -0.05) is 0 Å². The minimum absolute atomic E-state index is 0.0402. The number of carbonyl (C=O) groups excluding carboxylic acids is 3. The second-order valence-corrected chi connectivity index (χ2v) is 5.38. The summed E-state index contributed by atoms with van der Waals surface area (Å²) < 4.78 is 4.56. The van der Waals surface area contributed by atoms with Gasteiger partial charge in [0.2, 0.25) is 11.8 Å². The zero-order chi connectivity index (χ0) is 15.4. The molecule has 0 bridgehead atoms. The molecule has 6 nitrogen and oxygen atoms in total. The number of ether oxygens (including phenoxy) is 1. The van der Waals surface area contributed by atoms with Crippen LogP contribution in [0, 0.1) is 5.41 Å². The van der Waals surface area contributed by atoms with Crippen LogP contribution >= 0.6 is 0 Å². The minimum Gasteiger partial charge on any atom is -0.468 e. The van der Waals surface area contributed by atoms with Crippen molar-refractivity contribution in [3.8, 4) is 0 Å². The first-order valence-electron chi connectivity index (χ1n) is 5.87. The van der Waals surface area contributed by atoms with Crippen molar-refractivity contribution in [3.05, 3.63) is 0 Å². The van der Waals surface area contributed by atoms with Crippen molar-refractivity contribution >= 4 is 25.6 Å². The molecule has 0 aromatic carbocycles. The Kier molecular flexibility index (Phi) is 5.59. The third-order valence-corrected chi connectivity index (χ3v) is 2.84. The fraction of sp³-hybridized carbons (Fsp3) is 0.750. The van der Waals surface area contributed by atoms with E-state index in [2.05, 4.69) is 10.1 Å². The molecule has 0 aliphatic heterocycles. The number of methoxy groups -OCH3 is 1. The zero-order valence-electron chi connectivity index (χ0n) is 12.4. The van der Waals surface area contributed by atoms with Crippen molar-refractivity contribution in [3.63, 3.8) is 0 Å². The highest BCUT2D eigenvalue weighted by atomic mass is 16.5. The van der Waals surface area contributed by atoms with E-state index in [1.54, 1.807) is 13.8 Å². The van der Waals surface area contributed by atoms with Crippen LogP contribution in [0.5, 0.6) is 0 Å². The average molecular weight is 268 g/mol. The zero-order valence-corrected chi connectivity index (χ0v) is 12.4. The topological polar surface area (TPSA) is 75.7 Å². The monoisotopic (exact) mass is 268 g/mol. The molecule has 2 radical (unpaired) electrons. The summed E-state index contributed by atoms with van der Waals surface area (Å²) in [7, 11) is 8.11. The van der Waals surface area contributed by atoms with E-state index in [-0.39, 0.29) is 12.4 Å². The van der Waals surface area contributed by atoms with Gasteiger partial charge in [0, 0.05) is 7.05 Å². The molecule has 0 spiro atoms. The maximum atomic E-state index is 12.1. The third kappa shape index (κ3) is 3.97. The Morgan fingerprint density at radius 3 is 2.05 bits per heavy atom. The molecule has 0 heterocycles. The first-order chi connectivity index (χ1) is 8.50. The maximum Gasteiger partial charge on any atom is 0.320 e. The number of amides is 2. The molecule has 0 aliphatic rings. The fourth-order valence-electron chi connectivity index (χ4n) is 1.40. The van der Waals surface area contributed by atoms with Crippen LogP contribution in [0.25, 0.3) is 0 Å². The maximum absolute atomic E-state index is 12.1. The second kappa shape index (κ2) is 6.08. The van der Waals surface area contributed by atoms with E-state index in [9.17, 15) is 14.4 Å². The Morgan fingerprint density at radius 2 is 1.68 bits per heavy atom. The second-order valence-electron chi connectivity index (χ2n) is 5.38. The van der Waals surface area contributed by atoms with E-state index in [1.807, 2.05) is 0 Å². The number of rotatable bonds is 5. The summed E-state index contributed by atoms with van der Waals surface area (Å²) in [5, 5.41) is 2.54. The van der Waals surface area contributed by atoms with Crippen LogP contribution in [0.4, 0.5) is 0 Å². The average Bonchev–Trinajstić information content (AvgIpc) is 2.34. The molecule has 0 unspecified atom stereocenters. The van der Waals surface area contributed by atoms with Gasteiger partial charge in [0.25, 0.3) is 0 Å². The van der Waals surface area contributed by atoms with Crippen LogP contribution in [0.15, 0.2) is 0 Å². The summed E-state index contributed by atoms with van der Waals surface area (Å²) in [5.74, 6) is -1.59. The molecule has 0 aliphatic carbocycles. The highest BCUT2D eigenvalue weighted by Gasteiger charge is 2.41. The first-order valence-corrected chi connectivity index (χ1v) is 5.87. The van der Waals surface area contributed by atoms with E-state index >= 15 is 0 Å². The number of nitrogens with one attached hydrogen (secondary N) is 1. The molecule has 0 atom stereocenters. The van der Waals surface area contributed by atoms with Crippen LogP contribution in [0.3, 0.4) is 0 Å². The normalized spacial score (nSPS) is 11.7. The Balaban J connectivity index is 4.99. The summed E-state index contributed by atoms with van der Waals surface area (Å²) in [6.07, 6.45) is 0.0402. The molecule has 0 saturated carbocycles. The number of hydrogen-bond donors (Lipinski definition) is 1. The van der Waals surface area contributed by atoms with Gasteiger partial charge >= 0.3 is 5.97 Å². The van der Waals surface area contributed by atoms with Crippen molar-refractivity contribution in [2.75, 3.05) is 20.6 Å². The van der Waals surface area contributed by atoms with Crippen LogP contribution in [0.1, 0.15) is 27.7 Å². The van der Waals surface area contributed by atoms with Crippen LogP contribution < -0.4 is 5.32 Å². The van der Waals surface area contributed by atoms with E-state index in [0.29, 0.717) is 0 Å². The largest absolute Gasteiger partial charge is 0.468 e. The van der Waals surface area contributed by atoms with Crippen LogP contribution in [0.2, 0.25) is 0 Å². The number of carbonyl (C=O) groups is 3. The highest BCUT2D eigenvalue weighted by molar-refractivity contribution is 6.10. The van der Waals surface area contributed by atoms with Crippen LogP contribution in [-0.4, -0.2) is 56.7 Å². The molecule has 7 heteroatoms. The molecule has 0 rings (SSSR count). The first kappa shape index (κ1) is 17.5. The molecule has 2 amide bonds. The van der Waals surface area contributed by atoms with Gasteiger partial charge in [-0.2, -0.15) is 0 Å². The highest BCUT2D eigenvalue weighted by Crippen LogP contribution is 2.19. The van der Waals surface area contributed by atoms with E-state index in [4.69, 9.17) is 7.85 Å². The van der Waals surface area contributed by atoms with Crippen LogP contribution in [-0.2, 0) is 19.1 Å². The van der Waals surface area contributed by atoms with Crippen molar-refractivity contribution in [2.45, 2.75) is 33.2 Å². The Bertz CT molecular complexity index is 380. The Labute approximate surface area is 115 Å². The van der Waals surface area contributed by atoms with E-state index in [1.165, 1.54) is 32.9 Å². The van der Waals surface area contributed by atoms with Gasteiger partial charge in [0.05, 0.1) is 15.0 Å². The van der Waals surface area contributed by atoms with Crippen molar-refractivity contribution in [2.24, 2.45) is 5.41 Å². The lowest BCUT2D eigenvalue weighted by atomic mass is 9.90. The summed E-state index contributed by atoms with van der Waals surface area (Å²) in [6.45, 7) is 5.96. The third-order valence-electron chi connectivity index (χ3n) is 2.84. The fourth-order valence-corrected chi connectivity index (χ4v) is 1.40. The molecular weight excluding hydrogens is 247 g/mol. The molecule has 0 aromatic rings. The van der Waals surface area contributed by atoms with Crippen molar-refractivity contribution in [1.82, 2.24) is 10.2 Å². The number of hydrogen-bond acceptors (Lipinski definition) is 4. The molecule has 19 heavy (non-hydrogen) atoms. The lowest BCUT2D eigenvalue weighted by Crippen LogP contribution is -2.58. The lowest BCUT2D eigenvalue weighted by molar-refractivity contribution is -0.158. The quantitative estimate of drug-likeness (QED) is 0.420. The lowest BCUT2D eigenvalue weighted by Gasteiger charge is -2.32. The Morgan fingerprint density at radius 1 is 1.21 bits per heavy atom. The summed E-state index contributed by atoms with van der Waals surface area (Å²) in [4.78, 5) is 36.9. The molecule has 0 saturated heterocycles. The Hall–Kier alpha value is -1.53. The van der Waals surface area contributed by atoms with Gasteiger partial charge in [-0.25, -0.2) is 0 Å². The smallest absolute Gasteiger partial charge is 0.320 e. The number of likely N-dealkylation sites (N-methyl/N-ethyl adjacent to an activating group) is 1. The van der Waals surface area contributed by atoms with Gasteiger partial charge in [-0.3, -0.25) is 14.4 Å². The van der Waals surface area contributed by atoms with Crippen molar-refractivity contribution in [1.29, 1.82) is 0 Å². The van der Waals surface area contributed by atoms with Gasteiger partial charge < -0.3 is 15.0 Å². The van der Waals surface area contributed by atoms with Gasteiger partial charge in [-0.15, -0.1) is 0 Å². The molecular formula is C12H21BN2O4. The molecule has 1 N–H and O–H groups in total. The van der Waals surface area contributed by atoms with Crippen molar-refractivity contribution < 1.29 is 19.1 Å². The minimum atomic E-state index is -1.37. The SMILES string of the molecule is [B]CN(C)C(=O)C(C)(C)NC(=O)C(C)(C)C(=O)OC. The predicted octanol–water partition coefficient (Wildman–Crippen LogP) is -0.335. The van der Waals surface area contributed by atoms with Gasteiger partial charge in [0.15, 0.2) is 0 Å². The molecule has 0 aromatic heterocycles. The summed E-state index contributed by atoms with van der Waals surface area (Å²) >= 11 is 0. The standard InChI is InChI=1S/C12H21BN2O4/c1-11(2,10(18)19-6)8(16)14-12(3,4)9(17)15(5)7-13/h7H2,1-6H3,(H,14,16). The van der Waals surface area contributed by atoms with E-state index in [0.717, 1.165) is 0 Å². The van der Waals surface area contributed by atoms with E-state index < -0.39 is 22.8 Å². The number of nitrogens with zero attached hydrogens (tertiary/aromatic N) is 1. The molecule has 0 fully saturated rings. The number of esters is 1. The molecule has 106 valence electrons.